The Kier molecular flexibility index (Phi) is 8.03. The first-order valence-electron chi connectivity index (χ1n) is 10.5. The van der Waals surface area contributed by atoms with E-state index in [0.717, 1.165) is 5.69 Å². The fraction of sp³-hybridized carbons (Fsp3) is 0.154. The number of carbonyl (C=O) groups is 2. The maximum Gasteiger partial charge on any atom is 0.258 e. The zero-order chi connectivity index (χ0) is 22.8. The SMILES string of the molecule is C=CCOc1ccccc1NC(=O)CNc1cccc(C(=O)N(CC)c2ccccc2)c1. The van der Waals surface area contributed by atoms with E-state index in [1.165, 1.54) is 0 Å². The molecule has 2 N–H and O–H groups in total. The lowest BCUT2D eigenvalue weighted by atomic mass is 10.1. The van der Waals surface area contributed by atoms with Crippen LogP contribution in [0.15, 0.2) is 91.5 Å². The van der Waals surface area contributed by atoms with Gasteiger partial charge in [-0.1, -0.05) is 49.1 Å². The van der Waals surface area contributed by atoms with Crippen molar-refractivity contribution in [3.05, 3.63) is 97.1 Å². The molecule has 0 bridgehead atoms. The Morgan fingerprint density at radius 3 is 2.50 bits per heavy atom. The number of rotatable bonds is 10. The zero-order valence-electron chi connectivity index (χ0n) is 18.1. The van der Waals surface area contributed by atoms with E-state index in [1.54, 1.807) is 41.3 Å². The summed E-state index contributed by atoms with van der Waals surface area (Å²) in [7, 11) is 0. The summed E-state index contributed by atoms with van der Waals surface area (Å²) >= 11 is 0. The number of para-hydroxylation sites is 3. The van der Waals surface area contributed by atoms with Crippen LogP contribution in [-0.2, 0) is 4.79 Å². The normalized spacial score (nSPS) is 10.2. The average Bonchev–Trinajstić information content (AvgIpc) is 2.83. The summed E-state index contributed by atoms with van der Waals surface area (Å²) in [4.78, 5) is 27.2. The third-order valence-electron chi connectivity index (χ3n) is 4.71. The quantitative estimate of drug-likeness (QED) is 0.447. The molecule has 0 aromatic heterocycles. The van der Waals surface area contributed by atoms with Crippen molar-refractivity contribution >= 4 is 28.9 Å². The molecule has 0 radical (unpaired) electrons. The minimum atomic E-state index is -0.226. The van der Waals surface area contributed by atoms with Gasteiger partial charge in [0.1, 0.15) is 12.4 Å². The van der Waals surface area contributed by atoms with E-state index in [0.29, 0.717) is 35.8 Å². The van der Waals surface area contributed by atoms with Crippen LogP contribution >= 0.6 is 0 Å². The molecule has 0 saturated heterocycles. The van der Waals surface area contributed by atoms with Gasteiger partial charge in [-0.25, -0.2) is 0 Å². The van der Waals surface area contributed by atoms with Crippen molar-refractivity contribution in [1.29, 1.82) is 0 Å². The van der Waals surface area contributed by atoms with Crippen LogP contribution in [0.1, 0.15) is 17.3 Å². The largest absolute Gasteiger partial charge is 0.487 e. The van der Waals surface area contributed by atoms with E-state index in [9.17, 15) is 9.59 Å². The molecule has 0 aliphatic carbocycles. The topological polar surface area (TPSA) is 70.7 Å². The van der Waals surface area contributed by atoms with Gasteiger partial charge in [0.15, 0.2) is 0 Å². The fourth-order valence-corrected chi connectivity index (χ4v) is 3.19. The van der Waals surface area contributed by atoms with Crippen LogP contribution in [0, 0.1) is 0 Å². The van der Waals surface area contributed by atoms with Crippen molar-refractivity contribution in [2.75, 3.05) is 35.2 Å². The van der Waals surface area contributed by atoms with Crippen LogP contribution in [-0.4, -0.2) is 31.5 Å². The third-order valence-corrected chi connectivity index (χ3v) is 4.71. The number of ether oxygens (including phenoxy) is 1. The van der Waals surface area contributed by atoms with E-state index in [-0.39, 0.29) is 18.4 Å². The van der Waals surface area contributed by atoms with Gasteiger partial charge in [-0.05, 0) is 49.4 Å². The summed E-state index contributed by atoms with van der Waals surface area (Å²) in [6, 6.07) is 23.9. The molecule has 0 aliphatic heterocycles. The Labute approximate surface area is 188 Å². The van der Waals surface area contributed by atoms with Gasteiger partial charge >= 0.3 is 0 Å². The summed E-state index contributed by atoms with van der Waals surface area (Å²) < 4.78 is 5.57. The summed E-state index contributed by atoms with van der Waals surface area (Å²) in [6.07, 6.45) is 1.64. The third kappa shape index (κ3) is 5.98. The number of anilines is 3. The maximum atomic E-state index is 13.0. The number of nitrogens with zero attached hydrogens (tertiary/aromatic N) is 1. The van der Waals surface area contributed by atoms with E-state index in [1.807, 2.05) is 55.5 Å². The second kappa shape index (κ2) is 11.4. The standard InChI is InChI=1S/C26H27N3O3/c1-3-17-32-24-16-9-8-15-23(24)28-25(30)19-27-21-12-10-11-20(18-21)26(31)29(4-2)22-13-6-5-7-14-22/h3,5-16,18,27H,1,4,17,19H2,2H3,(H,28,30). The van der Waals surface area contributed by atoms with Crippen molar-refractivity contribution in [2.45, 2.75) is 6.92 Å². The Bertz CT molecular complexity index is 1070. The summed E-state index contributed by atoms with van der Waals surface area (Å²) in [5.74, 6) is 0.255. The first-order chi connectivity index (χ1) is 15.6. The molecule has 6 nitrogen and oxygen atoms in total. The van der Waals surface area contributed by atoms with Gasteiger partial charge in [0.2, 0.25) is 5.91 Å². The van der Waals surface area contributed by atoms with Crippen molar-refractivity contribution in [3.8, 4) is 5.75 Å². The Hall–Kier alpha value is -4.06. The van der Waals surface area contributed by atoms with E-state index >= 15 is 0 Å². The van der Waals surface area contributed by atoms with Gasteiger partial charge in [-0.3, -0.25) is 9.59 Å². The molecular weight excluding hydrogens is 402 g/mol. The summed E-state index contributed by atoms with van der Waals surface area (Å²) in [5.41, 5.74) is 2.66. The van der Waals surface area contributed by atoms with Crippen LogP contribution in [0.5, 0.6) is 5.75 Å². The molecule has 6 heteroatoms. The molecule has 0 spiro atoms. The first-order valence-corrected chi connectivity index (χ1v) is 10.5. The molecule has 0 saturated carbocycles. The molecule has 0 fully saturated rings. The van der Waals surface area contributed by atoms with Crippen molar-refractivity contribution < 1.29 is 14.3 Å². The monoisotopic (exact) mass is 429 g/mol. The molecule has 3 aromatic rings. The molecular formula is C26H27N3O3. The molecule has 0 heterocycles. The highest BCUT2D eigenvalue weighted by Gasteiger charge is 2.16. The van der Waals surface area contributed by atoms with Crippen molar-refractivity contribution in [3.63, 3.8) is 0 Å². The molecule has 164 valence electrons. The Balaban J connectivity index is 1.63. The number of hydrogen-bond donors (Lipinski definition) is 2. The molecule has 0 aliphatic rings. The highest BCUT2D eigenvalue weighted by atomic mass is 16.5. The van der Waals surface area contributed by atoms with Crippen molar-refractivity contribution in [1.82, 2.24) is 0 Å². The Morgan fingerprint density at radius 2 is 1.75 bits per heavy atom. The minimum Gasteiger partial charge on any atom is -0.487 e. The van der Waals surface area contributed by atoms with Crippen LogP contribution in [0.25, 0.3) is 0 Å². The number of benzene rings is 3. The molecule has 2 amide bonds. The molecule has 3 rings (SSSR count). The van der Waals surface area contributed by atoms with Gasteiger partial charge in [0, 0.05) is 23.5 Å². The van der Waals surface area contributed by atoms with E-state index < -0.39 is 0 Å². The highest BCUT2D eigenvalue weighted by molar-refractivity contribution is 6.06. The van der Waals surface area contributed by atoms with Gasteiger partial charge in [-0.15, -0.1) is 0 Å². The van der Waals surface area contributed by atoms with Gasteiger partial charge in [-0.2, -0.15) is 0 Å². The predicted molar refractivity (Wildman–Crippen MR) is 129 cm³/mol. The van der Waals surface area contributed by atoms with Crippen LogP contribution in [0.3, 0.4) is 0 Å². The van der Waals surface area contributed by atoms with E-state index in [4.69, 9.17) is 4.74 Å². The highest BCUT2D eigenvalue weighted by Crippen LogP contribution is 2.24. The number of hydrogen-bond acceptors (Lipinski definition) is 4. The average molecular weight is 430 g/mol. The van der Waals surface area contributed by atoms with Crippen molar-refractivity contribution in [2.24, 2.45) is 0 Å². The second-order valence-corrected chi connectivity index (χ2v) is 6.96. The van der Waals surface area contributed by atoms with Gasteiger partial charge in [0.25, 0.3) is 5.91 Å². The van der Waals surface area contributed by atoms with Crippen LogP contribution < -0.4 is 20.3 Å². The fourth-order valence-electron chi connectivity index (χ4n) is 3.19. The second-order valence-electron chi connectivity index (χ2n) is 6.96. The van der Waals surface area contributed by atoms with Crippen LogP contribution in [0.4, 0.5) is 17.1 Å². The Morgan fingerprint density at radius 1 is 1.00 bits per heavy atom. The number of carbonyl (C=O) groups excluding carboxylic acids is 2. The molecule has 32 heavy (non-hydrogen) atoms. The minimum absolute atomic E-state index is 0.0453. The lowest BCUT2D eigenvalue weighted by molar-refractivity contribution is -0.114. The van der Waals surface area contributed by atoms with Gasteiger partial charge < -0.3 is 20.3 Å². The molecule has 3 aromatic carbocycles. The number of amides is 2. The molecule has 0 unspecified atom stereocenters. The number of nitrogens with one attached hydrogen (secondary N) is 2. The lowest BCUT2D eigenvalue weighted by Crippen LogP contribution is -2.30. The summed E-state index contributed by atoms with van der Waals surface area (Å²) in [6.45, 7) is 6.52. The summed E-state index contributed by atoms with van der Waals surface area (Å²) in [5, 5.41) is 5.92. The van der Waals surface area contributed by atoms with E-state index in [2.05, 4.69) is 17.2 Å². The van der Waals surface area contributed by atoms with Crippen LogP contribution in [0.2, 0.25) is 0 Å². The molecule has 0 atom stereocenters. The van der Waals surface area contributed by atoms with Gasteiger partial charge in [0.05, 0.1) is 12.2 Å². The first kappa shape index (κ1) is 22.6. The predicted octanol–water partition coefficient (Wildman–Crippen LogP) is 4.97. The smallest absolute Gasteiger partial charge is 0.258 e. The zero-order valence-corrected chi connectivity index (χ0v) is 18.1. The lowest BCUT2D eigenvalue weighted by Gasteiger charge is -2.21. The maximum absolute atomic E-state index is 13.0.